The first-order valence-corrected chi connectivity index (χ1v) is 8.15. The van der Waals surface area contributed by atoms with Crippen LogP contribution in [0.1, 0.15) is 53.4 Å². The summed E-state index contributed by atoms with van der Waals surface area (Å²) in [5.41, 5.74) is 1.35. The summed E-state index contributed by atoms with van der Waals surface area (Å²) in [6.45, 7) is 9.96. The highest BCUT2D eigenvalue weighted by atomic mass is 14.7. The fourth-order valence-corrected chi connectivity index (χ4v) is 6.74. The number of hydrogen-bond acceptors (Lipinski definition) is 0. The van der Waals surface area contributed by atoms with E-state index in [0.29, 0.717) is 5.41 Å². The van der Waals surface area contributed by atoms with E-state index in [1.54, 1.807) is 6.42 Å². The standard InChI is InChI=1S/C18H28/c1-11(2)7-18-8-12(3)15-13-5-6-17(4,9-13)16(15)14(18)10-18/h5-6,11-16H,7-10H2,1-4H3. The van der Waals surface area contributed by atoms with Gasteiger partial charge in [-0.2, -0.15) is 0 Å². The van der Waals surface area contributed by atoms with Crippen LogP contribution in [-0.2, 0) is 0 Å². The van der Waals surface area contributed by atoms with Crippen LogP contribution < -0.4 is 0 Å². The second kappa shape index (κ2) is 3.25. The van der Waals surface area contributed by atoms with Gasteiger partial charge in [-0.1, -0.05) is 39.8 Å². The molecule has 7 unspecified atom stereocenters. The molecule has 18 heavy (non-hydrogen) atoms. The molecule has 100 valence electrons. The molecule has 0 aromatic carbocycles. The Labute approximate surface area is 112 Å². The van der Waals surface area contributed by atoms with Crippen LogP contribution in [0.5, 0.6) is 0 Å². The summed E-state index contributed by atoms with van der Waals surface area (Å²) in [4.78, 5) is 0. The van der Waals surface area contributed by atoms with E-state index in [-0.39, 0.29) is 0 Å². The fraction of sp³-hybridized carbons (Fsp3) is 0.889. The van der Waals surface area contributed by atoms with Crippen molar-refractivity contribution in [2.24, 2.45) is 46.3 Å². The van der Waals surface area contributed by atoms with Gasteiger partial charge in [0.05, 0.1) is 0 Å². The molecule has 4 rings (SSSR count). The van der Waals surface area contributed by atoms with Gasteiger partial charge in [-0.25, -0.2) is 0 Å². The van der Waals surface area contributed by atoms with Gasteiger partial charge in [0.25, 0.3) is 0 Å². The molecule has 0 saturated heterocycles. The molecule has 0 amide bonds. The summed E-state index contributed by atoms with van der Waals surface area (Å²) in [5.74, 6) is 5.96. The van der Waals surface area contributed by atoms with Crippen molar-refractivity contribution in [2.75, 3.05) is 0 Å². The molecular formula is C18H28. The predicted octanol–water partition coefficient (Wildman–Crippen LogP) is 4.91. The summed E-state index contributed by atoms with van der Waals surface area (Å²) in [5, 5.41) is 0. The third-order valence-corrected chi connectivity index (χ3v) is 6.96. The molecule has 0 aliphatic heterocycles. The van der Waals surface area contributed by atoms with Crippen molar-refractivity contribution in [2.45, 2.75) is 53.4 Å². The topological polar surface area (TPSA) is 0 Å². The van der Waals surface area contributed by atoms with Crippen LogP contribution >= 0.6 is 0 Å². The summed E-state index contributed by atoms with van der Waals surface area (Å²) >= 11 is 0. The Kier molecular flexibility index (Phi) is 2.08. The maximum absolute atomic E-state index is 2.59. The first-order chi connectivity index (χ1) is 8.45. The van der Waals surface area contributed by atoms with E-state index in [9.17, 15) is 0 Å². The normalized spacial score (nSPS) is 59.9. The lowest BCUT2D eigenvalue weighted by atomic mass is 9.60. The molecule has 0 heterocycles. The molecule has 4 aliphatic carbocycles. The third kappa shape index (κ3) is 1.28. The van der Waals surface area contributed by atoms with Crippen molar-refractivity contribution in [3.8, 4) is 0 Å². The fourth-order valence-electron chi connectivity index (χ4n) is 6.74. The molecule has 3 fully saturated rings. The summed E-state index contributed by atoms with van der Waals surface area (Å²) in [6.07, 6.45) is 11.2. The van der Waals surface area contributed by atoms with Gasteiger partial charge >= 0.3 is 0 Å². The molecule has 0 spiro atoms. The van der Waals surface area contributed by atoms with Crippen molar-refractivity contribution in [3.05, 3.63) is 12.2 Å². The van der Waals surface area contributed by atoms with Gasteiger partial charge in [0.1, 0.15) is 0 Å². The number of fused-ring (bicyclic) bond motifs is 7. The van der Waals surface area contributed by atoms with E-state index in [4.69, 9.17) is 0 Å². The van der Waals surface area contributed by atoms with Crippen molar-refractivity contribution in [1.29, 1.82) is 0 Å². The molecular weight excluding hydrogens is 216 g/mol. The van der Waals surface area contributed by atoms with Gasteiger partial charge in [-0.3, -0.25) is 0 Å². The number of allylic oxidation sites excluding steroid dienone is 2. The maximum Gasteiger partial charge on any atom is -0.0107 e. The maximum atomic E-state index is 2.59. The Bertz CT molecular complexity index is 406. The molecule has 0 aromatic heterocycles. The quantitative estimate of drug-likeness (QED) is 0.606. The highest BCUT2D eigenvalue weighted by molar-refractivity contribution is 5.27. The first kappa shape index (κ1) is 11.6. The van der Waals surface area contributed by atoms with Crippen LogP contribution in [0, 0.1) is 46.3 Å². The minimum absolute atomic E-state index is 0.577. The van der Waals surface area contributed by atoms with Crippen molar-refractivity contribution in [1.82, 2.24) is 0 Å². The van der Waals surface area contributed by atoms with Crippen LogP contribution in [0.15, 0.2) is 12.2 Å². The highest BCUT2D eigenvalue weighted by Gasteiger charge is 2.69. The van der Waals surface area contributed by atoms with Crippen LogP contribution in [0.3, 0.4) is 0 Å². The van der Waals surface area contributed by atoms with Gasteiger partial charge < -0.3 is 0 Å². The van der Waals surface area contributed by atoms with Gasteiger partial charge in [-0.05, 0) is 72.0 Å². The van der Waals surface area contributed by atoms with E-state index < -0.39 is 0 Å². The van der Waals surface area contributed by atoms with E-state index in [1.165, 1.54) is 19.3 Å². The molecule has 0 heteroatoms. The Morgan fingerprint density at radius 1 is 1.22 bits per heavy atom. The van der Waals surface area contributed by atoms with Crippen molar-refractivity contribution in [3.63, 3.8) is 0 Å². The van der Waals surface area contributed by atoms with Crippen molar-refractivity contribution < 1.29 is 0 Å². The zero-order chi connectivity index (χ0) is 12.7. The number of rotatable bonds is 2. The second-order valence-electron chi connectivity index (χ2n) is 8.79. The van der Waals surface area contributed by atoms with E-state index in [0.717, 1.165) is 40.9 Å². The largest absolute Gasteiger partial charge is 0.0845 e. The highest BCUT2D eigenvalue weighted by Crippen LogP contribution is 2.77. The van der Waals surface area contributed by atoms with Crippen LogP contribution in [0.4, 0.5) is 0 Å². The Morgan fingerprint density at radius 2 is 2.00 bits per heavy atom. The Morgan fingerprint density at radius 3 is 2.72 bits per heavy atom. The summed E-state index contributed by atoms with van der Waals surface area (Å²) in [6, 6.07) is 0. The van der Waals surface area contributed by atoms with Crippen LogP contribution in [0.2, 0.25) is 0 Å². The summed E-state index contributed by atoms with van der Waals surface area (Å²) < 4.78 is 0. The third-order valence-electron chi connectivity index (χ3n) is 6.96. The second-order valence-corrected chi connectivity index (χ2v) is 8.79. The zero-order valence-electron chi connectivity index (χ0n) is 12.4. The molecule has 3 saturated carbocycles. The number of hydrogen-bond donors (Lipinski definition) is 0. The molecule has 7 atom stereocenters. The molecule has 2 bridgehead atoms. The molecule has 0 aromatic rings. The minimum atomic E-state index is 0.577. The predicted molar refractivity (Wildman–Crippen MR) is 76.1 cm³/mol. The van der Waals surface area contributed by atoms with Gasteiger partial charge in [0.15, 0.2) is 0 Å². The minimum Gasteiger partial charge on any atom is -0.0845 e. The van der Waals surface area contributed by atoms with E-state index >= 15 is 0 Å². The lowest BCUT2D eigenvalue weighted by Gasteiger charge is -2.44. The van der Waals surface area contributed by atoms with Crippen LogP contribution in [-0.4, -0.2) is 0 Å². The van der Waals surface area contributed by atoms with E-state index in [1.807, 2.05) is 0 Å². The van der Waals surface area contributed by atoms with Gasteiger partial charge in [0, 0.05) is 0 Å². The molecule has 0 nitrogen and oxygen atoms in total. The monoisotopic (exact) mass is 244 g/mol. The molecule has 0 radical (unpaired) electrons. The van der Waals surface area contributed by atoms with Gasteiger partial charge in [-0.15, -0.1) is 0 Å². The van der Waals surface area contributed by atoms with Crippen molar-refractivity contribution >= 4 is 0 Å². The lowest BCUT2D eigenvalue weighted by Crippen LogP contribution is -2.38. The zero-order valence-corrected chi connectivity index (χ0v) is 12.4. The average Bonchev–Trinajstić information content (AvgIpc) is 2.67. The first-order valence-electron chi connectivity index (χ1n) is 8.15. The van der Waals surface area contributed by atoms with Crippen LogP contribution in [0.25, 0.3) is 0 Å². The Balaban J connectivity index is 1.67. The van der Waals surface area contributed by atoms with Gasteiger partial charge in [0.2, 0.25) is 0 Å². The summed E-state index contributed by atoms with van der Waals surface area (Å²) in [7, 11) is 0. The average molecular weight is 244 g/mol. The Hall–Kier alpha value is -0.260. The molecule has 4 aliphatic rings. The molecule has 0 N–H and O–H groups in total. The smallest absolute Gasteiger partial charge is 0.0107 e. The lowest BCUT2D eigenvalue weighted by molar-refractivity contribution is 0.0635. The van der Waals surface area contributed by atoms with E-state index in [2.05, 4.69) is 39.8 Å². The SMILES string of the molecule is CC(C)CC12CC(C)C3C4C=CC(C)(C4)C3C1C2.